The number of halogens is 1. The maximum absolute atomic E-state index is 12.7. The molecule has 0 spiro atoms. The van der Waals surface area contributed by atoms with Gasteiger partial charge in [-0.25, -0.2) is 0 Å². The Kier molecular flexibility index (Phi) is 8.74. The number of benzene rings is 2. The number of carbonyl (C=O) groups is 2. The standard InChI is InChI=1S/C24H29ClN2O4/c1-2-30-13-14-31-20-10-6-7-17(15-20)23(28)27-19-11-12-22(25)21(16-19)24(29)26-18-8-4-3-5-9-18/h6-7,10-12,15-16,18H,2-5,8-9,13-14H2,1H3,(H,26,29)(H,27,28). The van der Waals surface area contributed by atoms with Crippen molar-refractivity contribution in [3.63, 3.8) is 0 Å². The van der Waals surface area contributed by atoms with Crippen LogP contribution in [-0.2, 0) is 4.74 Å². The highest BCUT2D eigenvalue weighted by Crippen LogP contribution is 2.23. The molecule has 0 aromatic heterocycles. The first-order valence-corrected chi connectivity index (χ1v) is 11.2. The van der Waals surface area contributed by atoms with Crippen molar-refractivity contribution in [2.75, 3.05) is 25.1 Å². The van der Waals surface area contributed by atoms with Gasteiger partial charge in [0.1, 0.15) is 12.4 Å². The molecule has 0 unspecified atom stereocenters. The van der Waals surface area contributed by atoms with Gasteiger partial charge in [0, 0.05) is 23.9 Å². The minimum absolute atomic E-state index is 0.182. The third kappa shape index (κ3) is 6.97. The van der Waals surface area contributed by atoms with E-state index in [1.807, 2.05) is 6.92 Å². The molecule has 1 saturated carbocycles. The van der Waals surface area contributed by atoms with E-state index in [9.17, 15) is 9.59 Å². The van der Waals surface area contributed by atoms with Crippen molar-refractivity contribution in [1.29, 1.82) is 0 Å². The molecule has 0 radical (unpaired) electrons. The molecule has 0 saturated heterocycles. The van der Waals surface area contributed by atoms with Crippen molar-refractivity contribution in [3.8, 4) is 5.75 Å². The fourth-order valence-corrected chi connectivity index (χ4v) is 3.78. The van der Waals surface area contributed by atoms with Crippen molar-refractivity contribution in [2.24, 2.45) is 0 Å². The Morgan fingerprint density at radius 1 is 1.03 bits per heavy atom. The number of carbonyl (C=O) groups excluding carboxylic acids is 2. The molecule has 2 aromatic rings. The lowest BCUT2D eigenvalue weighted by atomic mass is 9.95. The smallest absolute Gasteiger partial charge is 0.255 e. The van der Waals surface area contributed by atoms with Crippen LogP contribution in [0.4, 0.5) is 5.69 Å². The largest absolute Gasteiger partial charge is 0.491 e. The van der Waals surface area contributed by atoms with Crippen LogP contribution in [0.1, 0.15) is 59.7 Å². The van der Waals surface area contributed by atoms with Crippen LogP contribution in [0.15, 0.2) is 42.5 Å². The average molecular weight is 445 g/mol. The summed E-state index contributed by atoms with van der Waals surface area (Å²) >= 11 is 6.25. The number of hydrogen-bond donors (Lipinski definition) is 2. The Hall–Kier alpha value is -2.57. The maximum Gasteiger partial charge on any atom is 0.255 e. The van der Waals surface area contributed by atoms with Gasteiger partial charge in [0.2, 0.25) is 0 Å². The molecule has 3 rings (SSSR count). The predicted molar refractivity (Wildman–Crippen MR) is 122 cm³/mol. The molecule has 1 aliphatic carbocycles. The van der Waals surface area contributed by atoms with Crippen molar-refractivity contribution >= 4 is 29.1 Å². The van der Waals surface area contributed by atoms with Gasteiger partial charge in [-0.05, 0) is 56.2 Å². The second-order valence-corrected chi connectivity index (χ2v) is 7.94. The lowest BCUT2D eigenvalue weighted by Gasteiger charge is -2.23. The van der Waals surface area contributed by atoms with Crippen molar-refractivity contribution in [3.05, 3.63) is 58.6 Å². The van der Waals surface area contributed by atoms with Crippen LogP contribution in [0.5, 0.6) is 5.75 Å². The molecule has 0 bridgehead atoms. The summed E-state index contributed by atoms with van der Waals surface area (Å²) in [6, 6.07) is 12.0. The van der Waals surface area contributed by atoms with Crippen molar-refractivity contribution < 1.29 is 19.1 Å². The van der Waals surface area contributed by atoms with Crippen LogP contribution in [0.25, 0.3) is 0 Å². The second-order valence-electron chi connectivity index (χ2n) is 7.53. The highest BCUT2D eigenvalue weighted by atomic mass is 35.5. The molecule has 0 aliphatic heterocycles. The highest BCUT2D eigenvalue weighted by Gasteiger charge is 2.19. The minimum atomic E-state index is -0.295. The number of nitrogens with one attached hydrogen (secondary N) is 2. The Bertz CT molecular complexity index is 897. The van der Waals surface area contributed by atoms with E-state index in [1.165, 1.54) is 6.42 Å². The lowest BCUT2D eigenvalue weighted by Crippen LogP contribution is -2.36. The summed E-state index contributed by atoms with van der Waals surface area (Å²) in [4.78, 5) is 25.4. The van der Waals surface area contributed by atoms with Gasteiger partial charge in [0.05, 0.1) is 17.2 Å². The Labute approximate surface area is 188 Å². The first kappa shape index (κ1) is 23.1. The predicted octanol–water partition coefficient (Wildman–Crippen LogP) is 5.07. The van der Waals surface area contributed by atoms with E-state index < -0.39 is 0 Å². The summed E-state index contributed by atoms with van der Waals surface area (Å²) in [5, 5.41) is 6.25. The summed E-state index contributed by atoms with van der Waals surface area (Å²) < 4.78 is 10.9. The molecule has 1 fully saturated rings. The van der Waals surface area contributed by atoms with E-state index in [2.05, 4.69) is 10.6 Å². The van der Waals surface area contributed by atoms with Crippen LogP contribution in [0, 0.1) is 0 Å². The van der Waals surface area contributed by atoms with E-state index in [0.29, 0.717) is 47.4 Å². The van der Waals surface area contributed by atoms with Crippen LogP contribution >= 0.6 is 11.6 Å². The van der Waals surface area contributed by atoms with Crippen LogP contribution in [0.3, 0.4) is 0 Å². The minimum Gasteiger partial charge on any atom is -0.491 e. The Morgan fingerprint density at radius 2 is 1.84 bits per heavy atom. The van der Waals surface area contributed by atoms with E-state index in [-0.39, 0.29) is 17.9 Å². The van der Waals surface area contributed by atoms with E-state index in [0.717, 1.165) is 25.7 Å². The number of amides is 2. The molecule has 2 amide bonds. The summed E-state index contributed by atoms with van der Waals surface area (Å²) in [6.07, 6.45) is 5.45. The van der Waals surface area contributed by atoms with Gasteiger partial charge in [-0.3, -0.25) is 9.59 Å². The fourth-order valence-electron chi connectivity index (χ4n) is 3.58. The normalized spacial score (nSPS) is 14.1. The first-order valence-electron chi connectivity index (χ1n) is 10.8. The molecule has 7 heteroatoms. The summed E-state index contributed by atoms with van der Waals surface area (Å²) in [5.41, 5.74) is 1.32. The lowest BCUT2D eigenvalue weighted by molar-refractivity contribution is 0.0926. The van der Waals surface area contributed by atoms with Crippen LogP contribution in [-0.4, -0.2) is 37.7 Å². The molecule has 0 atom stereocenters. The third-order valence-electron chi connectivity index (χ3n) is 5.21. The summed E-state index contributed by atoms with van der Waals surface area (Å²) in [6.45, 7) is 3.46. The number of rotatable bonds is 9. The van der Waals surface area contributed by atoms with Gasteiger partial charge >= 0.3 is 0 Å². The van der Waals surface area contributed by atoms with Gasteiger partial charge in [-0.2, -0.15) is 0 Å². The number of hydrogen-bond acceptors (Lipinski definition) is 4. The van der Waals surface area contributed by atoms with Gasteiger partial charge in [0.25, 0.3) is 11.8 Å². The first-order chi connectivity index (χ1) is 15.1. The zero-order chi connectivity index (χ0) is 22.1. The highest BCUT2D eigenvalue weighted by molar-refractivity contribution is 6.34. The molecule has 6 nitrogen and oxygen atoms in total. The SMILES string of the molecule is CCOCCOc1cccc(C(=O)Nc2ccc(Cl)c(C(=O)NC3CCCCC3)c2)c1. The molecule has 2 aromatic carbocycles. The summed E-state index contributed by atoms with van der Waals surface area (Å²) in [5.74, 6) is 0.0879. The number of anilines is 1. The second kappa shape index (κ2) is 11.7. The Morgan fingerprint density at radius 3 is 2.61 bits per heavy atom. The van der Waals surface area contributed by atoms with E-state index in [4.69, 9.17) is 21.1 Å². The monoisotopic (exact) mass is 444 g/mol. The molecular weight excluding hydrogens is 416 g/mol. The number of ether oxygens (including phenoxy) is 2. The molecule has 2 N–H and O–H groups in total. The van der Waals surface area contributed by atoms with Crippen molar-refractivity contribution in [1.82, 2.24) is 5.32 Å². The van der Waals surface area contributed by atoms with Crippen LogP contribution < -0.4 is 15.4 Å². The van der Waals surface area contributed by atoms with Gasteiger partial charge in [-0.1, -0.05) is 36.9 Å². The molecule has 1 aliphatic rings. The van der Waals surface area contributed by atoms with E-state index >= 15 is 0 Å². The Balaban J connectivity index is 1.63. The quantitative estimate of drug-likeness (QED) is 0.529. The maximum atomic E-state index is 12.7. The molecular formula is C24H29ClN2O4. The third-order valence-corrected chi connectivity index (χ3v) is 5.54. The zero-order valence-electron chi connectivity index (χ0n) is 17.8. The van der Waals surface area contributed by atoms with E-state index in [1.54, 1.807) is 42.5 Å². The summed E-state index contributed by atoms with van der Waals surface area (Å²) in [7, 11) is 0. The van der Waals surface area contributed by atoms with Gasteiger partial charge < -0.3 is 20.1 Å². The van der Waals surface area contributed by atoms with Gasteiger partial charge in [0.15, 0.2) is 0 Å². The van der Waals surface area contributed by atoms with Gasteiger partial charge in [-0.15, -0.1) is 0 Å². The topological polar surface area (TPSA) is 76.7 Å². The zero-order valence-corrected chi connectivity index (χ0v) is 18.5. The molecule has 166 valence electrons. The molecule has 31 heavy (non-hydrogen) atoms. The molecule has 0 heterocycles. The van der Waals surface area contributed by atoms with Crippen LogP contribution in [0.2, 0.25) is 5.02 Å². The fraction of sp³-hybridized carbons (Fsp3) is 0.417. The average Bonchev–Trinajstić information content (AvgIpc) is 2.79. The van der Waals surface area contributed by atoms with Crippen molar-refractivity contribution in [2.45, 2.75) is 45.1 Å².